The Balaban J connectivity index is 1.61. The lowest BCUT2D eigenvalue weighted by atomic mass is 9.97. The maximum absolute atomic E-state index is 12.1. The van der Waals surface area contributed by atoms with E-state index >= 15 is 0 Å². The van der Waals surface area contributed by atoms with Crippen molar-refractivity contribution in [3.63, 3.8) is 0 Å². The van der Waals surface area contributed by atoms with Gasteiger partial charge < -0.3 is 9.84 Å². The maximum atomic E-state index is 12.1. The smallest absolute Gasteiger partial charge is 0.311 e. The van der Waals surface area contributed by atoms with Crippen LogP contribution in [0, 0.1) is 10.1 Å². The second-order valence-electron chi connectivity index (χ2n) is 8.60. The molecule has 4 aromatic rings. The highest BCUT2D eigenvalue weighted by Crippen LogP contribution is 2.42. The first-order valence-corrected chi connectivity index (χ1v) is 11.1. The van der Waals surface area contributed by atoms with Gasteiger partial charge in [0.05, 0.1) is 16.6 Å². The number of carboxylic acid groups (broad SMARTS) is 1. The highest BCUT2D eigenvalue weighted by molar-refractivity contribution is 5.87. The van der Waals surface area contributed by atoms with Crippen molar-refractivity contribution in [2.75, 3.05) is 0 Å². The van der Waals surface area contributed by atoms with Crippen LogP contribution >= 0.6 is 0 Å². The van der Waals surface area contributed by atoms with E-state index in [2.05, 4.69) is 17.2 Å². The minimum atomic E-state index is -0.954. The molecule has 0 aliphatic heterocycles. The fourth-order valence-corrected chi connectivity index (χ4v) is 4.64. The van der Waals surface area contributed by atoms with E-state index in [9.17, 15) is 14.9 Å². The molecule has 0 unspecified atom stereocenters. The summed E-state index contributed by atoms with van der Waals surface area (Å²) in [6, 6.07) is 17.1. The molecule has 0 fully saturated rings. The van der Waals surface area contributed by atoms with Crippen LogP contribution in [0.5, 0.6) is 5.75 Å². The van der Waals surface area contributed by atoms with Crippen LogP contribution in [0.1, 0.15) is 23.1 Å². The molecule has 1 heterocycles. The van der Waals surface area contributed by atoms with E-state index in [1.54, 1.807) is 10.9 Å². The van der Waals surface area contributed by atoms with Gasteiger partial charge in [-0.25, -0.2) is 0 Å². The maximum Gasteiger partial charge on any atom is 0.311 e. The second-order valence-corrected chi connectivity index (χ2v) is 8.60. The normalized spacial score (nSPS) is 13.2. The Labute approximate surface area is 195 Å². The van der Waals surface area contributed by atoms with Gasteiger partial charge in [-0.15, -0.1) is 0 Å². The van der Waals surface area contributed by atoms with Crippen LogP contribution in [-0.2, 0) is 31.1 Å². The highest BCUT2D eigenvalue weighted by atomic mass is 16.6. The zero-order chi connectivity index (χ0) is 23.8. The molecule has 8 nitrogen and oxygen atoms in total. The molecule has 0 spiro atoms. The minimum Gasteiger partial charge on any atom is -0.482 e. The zero-order valence-corrected chi connectivity index (χ0v) is 18.6. The Bertz CT molecular complexity index is 1400. The molecule has 0 radical (unpaired) electrons. The first-order valence-electron chi connectivity index (χ1n) is 11.1. The molecule has 34 heavy (non-hydrogen) atoms. The molecule has 0 amide bonds. The molecule has 0 saturated carbocycles. The van der Waals surface area contributed by atoms with Gasteiger partial charge in [0.15, 0.2) is 0 Å². The summed E-state index contributed by atoms with van der Waals surface area (Å²) in [5.41, 5.74) is 5.08. The number of nitrogens with zero attached hydrogens (tertiary/aromatic N) is 3. The Hall–Kier alpha value is -4.20. The Morgan fingerprint density at radius 3 is 2.59 bits per heavy atom. The van der Waals surface area contributed by atoms with E-state index in [0.717, 1.165) is 16.5 Å². The quantitative estimate of drug-likeness (QED) is 0.318. The van der Waals surface area contributed by atoms with Crippen LogP contribution in [-0.4, -0.2) is 31.9 Å². The summed E-state index contributed by atoms with van der Waals surface area (Å²) in [5.74, 6) is -0.741. The standard InChI is InChI=1S/C26H23N3O5/c1-28-23-8-7-19(12-20(23)15-27-28)22-10-16(6-9-25(30)31)11-24(29(32)33)26(22)34-21-13-17-4-2-3-5-18(17)14-21/h2-5,7-8,10-12,15,21H,6,9,13-14H2,1H3,(H,30,31). The van der Waals surface area contributed by atoms with Crippen molar-refractivity contribution >= 4 is 22.6 Å². The van der Waals surface area contributed by atoms with Gasteiger partial charge in [-0.05, 0) is 46.9 Å². The number of aliphatic carboxylic acids is 1. The SMILES string of the molecule is Cn1ncc2cc(-c3cc(CCC(=O)O)cc([N+](=O)[O-])c3OC3Cc4ccccc4C3)ccc21. The molecule has 1 aromatic heterocycles. The number of nitro benzene ring substituents is 1. The lowest BCUT2D eigenvalue weighted by Gasteiger charge is -2.18. The number of rotatable bonds is 7. The summed E-state index contributed by atoms with van der Waals surface area (Å²) in [6.07, 6.45) is 2.95. The molecule has 0 saturated heterocycles. The second kappa shape index (κ2) is 8.62. The van der Waals surface area contributed by atoms with Gasteiger partial charge in [0.2, 0.25) is 5.75 Å². The summed E-state index contributed by atoms with van der Waals surface area (Å²) in [4.78, 5) is 22.8. The number of carboxylic acids is 1. The fourth-order valence-electron chi connectivity index (χ4n) is 4.64. The number of carbonyl (C=O) groups is 1. The van der Waals surface area contributed by atoms with Crippen molar-refractivity contribution in [2.45, 2.75) is 31.8 Å². The largest absolute Gasteiger partial charge is 0.482 e. The van der Waals surface area contributed by atoms with Crippen LogP contribution < -0.4 is 4.74 Å². The number of ether oxygens (including phenoxy) is 1. The highest BCUT2D eigenvalue weighted by Gasteiger charge is 2.29. The molecular formula is C26H23N3O5. The van der Waals surface area contributed by atoms with Gasteiger partial charge in [-0.3, -0.25) is 19.6 Å². The van der Waals surface area contributed by atoms with Crippen LogP contribution in [0.3, 0.4) is 0 Å². The number of hydrogen-bond acceptors (Lipinski definition) is 5. The van der Waals surface area contributed by atoms with Crippen molar-refractivity contribution in [1.82, 2.24) is 9.78 Å². The third kappa shape index (κ3) is 4.10. The number of aryl methyl sites for hydroxylation is 2. The molecule has 0 bridgehead atoms. The first kappa shape index (κ1) is 21.6. The Morgan fingerprint density at radius 1 is 1.18 bits per heavy atom. The van der Waals surface area contributed by atoms with E-state index in [-0.39, 0.29) is 30.4 Å². The van der Waals surface area contributed by atoms with Gasteiger partial charge in [0.25, 0.3) is 0 Å². The van der Waals surface area contributed by atoms with Crippen LogP contribution in [0.2, 0.25) is 0 Å². The molecule has 1 N–H and O–H groups in total. The lowest BCUT2D eigenvalue weighted by molar-refractivity contribution is -0.386. The third-order valence-corrected chi connectivity index (χ3v) is 6.31. The molecule has 1 aliphatic carbocycles. The van der Waals surface area contributed by atoms with E-state index in [0.29, 0.717) is 24.0 Å². The third-order valence-electron chi connectivity index (χ3n) is 6.31. The summed E-state index contributed by atoms with van der Waals surface area (Å²) in [5, 5.41) is 26.4. The number of benzene rings is 3. The fraction of sp³-hybridized carbons (Fsp3) is 0.231. The van der Waals surface area contributed by atoms with Crippen molar-refractivity contribution in [3.05, 3.63) is 87.6 Å². The Kier molecular flexibility index (Phi) is 5.49. The molecule has 5 rings (SSSR count). The summed E-state index contributed by atoms with van der Waals surface area (Å²) in [7, 11) is 1.85. The predicted molar refractivity (Wildman–Crippen MR) is 127 cm³/mol. The predicted octanol–water partition coefficient (Wildman–Crippen LogP) is 4.71. The van der Waals surface area contributed by atoms with E-state index in [1.165, 1.54) is 17.2 Å². The topological polar surface area (TPSA) is 107 Å². The van der Waals surface area contributed by atoms with Gasteiger partial charge in [0.1, 0.15) is 6.10 Å². The molecular weight excluding hydrogens is 434 g/mol. The lowest BCUT2D eigenvalue weighted by Crippen LogP contribution is -2.18. The van der Waals surface area contributed by atoms with Gasteiger partial charge in [0, 0.05) is 43.3 Å². The van der Waals surface area contributed by atoms with Gasteiger partial charge in [-0.1, -0.05) is 30.3 Å². The van der Waals surface area contributed by atoms with Crippen molar-refractivity contribution in [1.29, 1.82) is 0 Å². The van der Waals surface area contributed by atoms with Gasteiger partial charge >= 0.3 is 11.7 Å². The van der Waals surface area contributed by atoms with E-state index in [4.69, 9.17) is 9.84 Å². The number of hydrogen-bond donors (Lipinski definition) is 1. The monoisotopic (exact) mass is 457 g/mol. The average molecular weight is 457 g/mol. The number of nitro groups is 1. The molecule has 1 aliphatic rings. The molecule has 3 aromatic carbocycles. The average Bonchev–Trinajstić information content (AvgIpc) is 3.40. The number of fused-ring (bicyclic) bond motifs is 2. The first-order chi connectivity index (χ1) is 16.4. The van der Waals surface area contributed by atoms with Gasteiger partial charge in [-0.2, -0.15) is 5.10 Å². The summed E-state index contributed by atoms with van der Waals surface area (Å²) in [6.45, 7) is 0. The Morgan fingerprint density at radius 2 is 1.91 bits per heavy atom. The minimum absolute atomic E-state index is 0.115. The molecule has 172 valence electrons. The van der Waals surface area contributed by atoms with Crippen molar-refractivity contribution < 1.29 is 19.6 Å². The van der Waals surface area contributed by atoms with Crippen molar-refractivity contribution in [2.24, 2.45) is 7.05 Å². The zero-order valence-electron chi connectivity index (χ0n) is 18.6. The van der Waals surface area contributed by atoms with Crippen molar-refractivity contribution in [3.8, 4) is 16.9 Å². The van der Waals surface area contributed by atoms with E-state index < -0.39 is 10.9 Å². The van der Waals surface area contributed by atoms with E-state index in [1.807, 2.05) is 43.4 Å². The molecule has 0 atom stereocenters. The molecule has 8 heteroatoms. The number of aromatic nitrogens is 2. The van der Waals surface area contributed by atoms with Crippen LogP contribution in [0.15, 0.2) is 60.8 Å². The summed E-state index contributed by atoms with van der Waals surface area (Å²) >= 11 is 0. The van der Waals surface area contributed by atoms with Crippen LogP contribution in [0.25, 0.3) is 22.0 Å². The van der Waals surface area contributed by atoms with Crippen LogP contribution in [0.4, 0.5) is 5.69 Å². The summed E-state index contributed by atoms with van der Waals surface area (Å²) < 4.78 is 8.12.